The second-order valence-electron chi connectivity index (χ2n) is 7.65. The molecule has 3 aromatic rings. The standard InChI is InChI=1S/C25H24F2N2O/c26-21-12-8-18(9-13-21)24(19-10-14-22(27)15-11-19)20-5-4-16-29(17-20)25(28)30-23-6-2-1-3-7-23/h1-3,6-15,20,24,28H,4-5,16-17H2. The first-order chi connectivity index (χ1) is 14.6. The molecule has 154 valence electrons. The molecule has 1 saturated heterocycles. The third-order valence-electron chi connectivity index (χ3n) is 5.63. The largest absolute Gasteiger partial charge is 0.426 e. The van der Waals surface area contributed by atoms with Crippen LogP contribution in [0.1, 0.15) is 29.9 Å². The van der Waals surface area contributed by atoms with Crippen LogP contribution in [-0.4, -0.2) is 24.0 Å². The predicted molar refractivity (Wildman–Crippen MR) is 114 cm³/mol. The lowest BCUT2D eigenvalue weighted by atomic mass is 9.77. The number of para-hydroxylation sites is 1. The van der Waals surface area contributed by atoms with Gasteiger partial charge in [0, 0.05) is 19.0 Å². The number of benzene rings is 3. The highest BCUT2D eigenvalue weighted by Crippen LogP contribution is 2.37. The minimum atomic E-state index is -0.278. The normalized spacial score (nSPS) is 16.5. The topological polar surface area (TPSA) is 36.3 Å². The van der Waals surface area contributed by atoms with Gasteiger partial charge in [0.05, 0.1) is 0 Å². The molecule has 3 aromatic carbocycles. The summed E-state index contributed by atoms with van der Waals surface area (Å²) in [4.78, 5) is 1.95. The quantitative estimate of drug-likeness (QED) is 0.438. The molecule has 1 atom stereocenters. The van der Waals surface area contributed by atoms with Crippen LogP contribution < -0.4 is 4.74 Å². The summed E-state index contributed by atoms with van der Waals surface area (Å²) in [5.41, 5.74) is 1.98. The van der Waals surface area contributed by atoms with Crippen LogP contribution in [0.15, 0.2) is 78.9 Å². The maximum Gasteiger partial charge on any atom is 0.289 e. The summed E-state index contributed by atoms with van der Waals surface area (Å²) in [7, 11) is 0. The maximum atomic E-state index is 13.5. The fourth-order valence-corrected chi connectivity index (χ4v) is 4.21. The van der Waals surface area contributed by atoms with Gasteiger partial charge in [0.25, 0.3) is 6.02 Å². The predicted octanol–water partition coefficient (Wildman–Crippen LogP) is 5.82. The molecule has 1 aliphatic rings. The Bertz CT molecular complexity index is 929. The van der Waals surface area contributed by atoms with E-state index in [0.29, 0.717) is 12.3 Å². The maximum absolute atomic E-state index is 13.5. The molecule has 0 aliphatic carbocycles. The summed E-state index contributed by atoms with van der Waals surface area (Å²) in [6, 6.07) is 22.5. The summed E-state index contributed by atoms with van der Waals surface area (Å²) in [6.45, 7) is 1.40. The smallest absolute Gasteiger partial charge is 0.289 e. The van der Waals surface area contributed by atoms with Gasteiger partial charge in [-0.1, -0.05) is 42.5 Å². The number of ether oxygens (including phenoxy) is 1. The minimum absolute atomic E-state index is 0.0153. The molecule has 4 rings (SSSR count). The van der Waals surface area contributed by atoms with Crippen molar-refractivity contribution in [2.45, 2.75) is 18.8 Å². The van der Waals surface area contributed by atoms with E-state index in [-0.39, 0.29) is 29.5 Å². The van der Waals surface area contributed by atoms with Gasteiger partial charge in [0.1, 0.15) is 17.4 Å². The lowest BCUT2D eigenvalue weighted by Gasteiger charge is -2.38. The lowest BCUT2D eigenvalue weighted by molar-refractivity contribution is 0.213. The molecule has 30 heavy (non-hydrogen) atoms. The van der Waals surface area contributed by atoms with Crippen LogP contribution in [0.2, 0.25) is 0 Å². The number of likely N-dealkylation sites (tertiary alicyclic amines) is 1. The molecule has 1 aliphatic heterocycles. The minimum Gasteiger partial charge on any atom is -0.426 e. The molecule has 0 bridgehead atoms. The zero-order valence-electron chi connectivity index (χ0n) is 16.6. The van der Waals surface area contributed by atoms with Gasteiger partial charge in [0.2, 0.25) is 0 Å². The molecular weight excluding hydrogens is 382 g/mol. The molecule has 3 nitrogen and oxygen atoms in total. The van der Waals surface area contributed by atoms with Crippen molar-refractivity contribution in [2.24, 2.45) is 5.92 Å². The Morgan fingerprint density at radius 3 is 2.00 bits per heavy atom. The van der Waals surface area contributed by atoms with E-state index in [1.807, 2.05) is 35.2 Å². The zero-order valence-corrected chi connectivity index (χ0v) is 16.6. The van der Waals surface area contributed by atoms with Crippen molar-refractivity contribution in [1.82, 2.24) is 4.90 Å². The van der Waals surface area contributed by atoms with Gasteiger partial charge >= 0.3 is 0 Å². The summed E-state index contributed by atoms with van der Waals surface area (Å²) < 4.78 is 32.8. The van der Waals surface area contributed by atoms with Gasteiger partial charge in [-0.05, 0) is 66.3 Å². The van der Waals surface area contributed by atoms with Crippen molar-refractivity contribution < 1.29 is 13.5 Å². The Morgan fingerprint density at radius 2 is 1.43 bits per heavy atom. The number of amidine groups is 1. The summed E-state index contributed by atoms with van der Waals surface area (Å²) >= 11 is 0. The molecule has 5 heteroatoms. The number of piperidine rings is 1. The highest BCUT2D eigenvalue weighted by molar-refractivity contribution is 5.73. The summed E-state index contributed by atoms with van der Waals surface area (Å²) in [6.07, 6.45) is 1.89. The number of rotatable bonds is 4. The second-order valence-corrected chi connectivity index (χ2v) is 7.65. The van der Waals surface area contributed by atoms with Crippen molar-refractivity contribution >= 4 is 6.02 Å². The van der Waals surface area contributed by atoms with E-state index < -0.39 is 0 Å². The summed E-state index contributed by atoms with van der Waals surface area (Å²) in [5.74, 6) is 0.256. The van der Waals surface area contributed by atoms with Crippen molar-refractivity contribution in [3.63, 3.8) is 0 Å². The van der Waals surface area contributed by atoms with Crippen LogP contribution >= 0.6 is 0 Å². The van der Waals surface area contributed by atoms with E-state index in [9.17, 15) is 8.78 Å². The van der Waals surface area contributed by atoms with Crippen molar-refractivity contribution in [2.75, 3.05) is 13.1 Å². The van der Waals surface area contributed by atoms with Crippen LogP contribution in [0.25, 0.3) is 0 Å². The molecule has 1 heterocycles. The number of hydrogen-bond acceptors (Lipinski definition) is 2. The first kappa shape index (κ1) is 20.1. The fraction of sp³-hybridized carbons (Fsp3) is 0.240. The lowest BCUT2D eigenvalue weighted by Crippen LogP contribution is -2.43. The zero-order chi connectivity index (χ0) is 20.9. The number of nitrogens with one attached hydrogen (secondary N) is 1. The third-order valence-corrected chi connectivity index (χ3v) is 5.63. The van der Waals surface area contributed by atoms with Crippen molar-refractivity contribution in [3.05, 3.63) is 102 Å². The Hall–Kier alpha value is -3.21. The Kier molecular flexibility index (Phi) is 6.07. The molecule has 0 amide bonds. The van der Waals surface area contributed by atoms with Gasteiger partial charge in [-0.2, -0.15) is 0 Å². The van der Waals surface area contributed by atoms with E-state index in [1.54, 1.807) is 24.3 Å². The van der Waals surface area contributed by atoms with Crippen LogP contribution in [0.5, 0.6) is 5.75 Å². The first-order valence-electron chi connectivity index (χ1n) is 10.2. The van der Waals surface area contributed by atoms with Crippen LogP contribution in [0.3, 0.4) is 0 Å². The van der Waals surface area contributed by atoms with Crippen LogP contribution in [0, 0.1) is 23.0 Å². The molecule has 1 unspecified atom stereocenters. The van der Waals surface area contributed by atoms with E-state index in [0.717, 1.165) is 30.5 Å². The van der Waals surface area contributed by atoms with E-state index >= 15 is 0 Å². The van der Waals surface area contributed by atoms with Gasteiger partial charge < -0.3 is 9.64 Å². The average molecular weight is 406 g/mol. The Morgan fingerprint density at radius 1 is 0.867 bits per heavy atom. The van der Waals surface area contributed by atoms with Gasteiger partial charge in [0.15, 0.2) is 0 Å². The van der Waals surface area contributed by atoms with E-state index in [1.165, 1.54) is 24.3 Å². The molecule has 1 N–H and O–H groups in total. The molecular formula is C25H24F2N2O. The van der Waals surface area contributed by atoms with Gasteiger partial charge in [-0.3, -0.25) is 5.41 Å². The van der Waals surface area contributed by atoms with Crippen LogP contribution in [0.4, 0.5) is 8.78 Å². The first-order valence-corrected chi connectivity index (χ1v) is 10.2. The molecule has 0 radical (unpaired) electrons. The number of hydrogen-bond donors (Lipinski definition) is 1. The molecule has 1 fully saturated rings. The Balaban J connectivity index is 1.57. The van der Waals surface area contributed by atoms with Crippen molar-refractivity contribution in [3.8, 4) is 5.75 Å². The number of nitrogens with zero attached hydrogens (tertiary/aromatic N) is 1. The average Bonchev–Trinajstić information content (AvgIpc) is 2.77. The SMILES string of the molecule is N=C(Oc1ccccc1)N1CCCC(C(c2ccc(F)cc2)c2ccc(F)cc2)C1. The fourth-order valence-electron chi connectivity index (χ4n) is 4.21. The highest BCUT2D eigenvalue weighted by atomic mass is 19.1. The Labute approximate surface area is 175 Å². The molecule has 0 saturated carbocycles. The second kappa shape index (κ2) is 9.08. The molecule has 0 aromatic heterocycles. The van der Waals surface area contributed by atoms with E-state index in [4.69, 9.17) is 10.1 Å². The number of halogens is 2. The summed E-state index contributed by atoms with van der Waals surface area (Å²) in [5, 5.41) is 8.42. The monoisotopic (exact) mass is 406 g/mol. The van der Waals surface area contributed by atoms with Gasteiger partial charge in [-0.15, -0.1) is 0 Å². The van der Waals surface area contributed by atoms with Gasteiger partial charge in [-0.25, -0.2) is 8.78 Å². The third kappa shape index (κ3) is 4.67. The van der Waals surface area contributed by atoms with Crippen molar-refractivity contribution in [1.29, 1.82) is 5.41 Å². The van der Waals surface area contributed by atoms with E-state index in [2.05, 4.69) is 0 Å². The highest BCUT2D eigenvalue weighted by Gasteiger charge is 2.31. The van der Waals surface area contributed by atoms with Crippen LogP contribution in [-0.2, 0) is 0 Å². The molecule has 0 spiro atoms.